The third-order valence-corrected chi connectivity index (χ3v) is 6.86. The van der Waals surface area contributed by atoms with Crippen molar-refractivity contribution in [1.29, 1.82) is 0 Å². The van der Waals surface area contributed by atoms with Gasteiger partial charge in [-0.1, -0.05) is 24.6 Å². The minimum Gasteiger partial charge on any atom is -0.497 e. The van der Waals surface area contributed by atoms with E-state index in [1.54, 1.807) is 49.6 Å². The second-order valence-corrected chi connectivity index (χ2v) is 8.30. The molecule has 4 rings (SSSR count). The van der Waals surface area contributed by atoms with E-state index in [1.807, 2.05) is 6.07 Å². The van der Waals surface area contributed by atoms with Crippen LogP contribution in [0.3, 0.4) is 0 Å². The Morgan fingerprint density at radius 3 is 2.42 bits per heavy atom. The smallest absolute Gasteiger partial charge is 0.268 e. The van der Waals surface area contributed by atoms with Crippen LogP contribution in [0.2, 0.25) is 0 Å². The first-order chi connectivity index (χ1) is 12.6. The number of benzene rings is 2. The number of carbonyl (C=O) groups excluding carboxylic acids is 1. The van der Waals surface area contributed by atoms with Crippen LogP contribution in [-0.2, 0) is 10.0 Å². The van der Waals surface area contributed by atoms with Gasteiger partial charge in [0.1, 0.15) is 11.4 Å². The van der Waals surface area contributed by atoms with Gasteiger partial charge in [-0.05, 0) is 54.7 Å². The van der Waals surface area contributed by atoms with Gasteiger partial charge in [-0.15, -0.1) is 0 Å². The van der Waals surface area contributed by atoms with Crippen LogP contribution in [0.25, 0.3) is 10.9 Å². The van der Waals surface area contributed by atoms with Crippen LogP contribution in [-0.4, -0.2) is 25.8 Å². The van der Waals surface area contributed by atoms with Gasteiger partial charge in [0.2, 0.25) is 0 Å². The Morgan fingerprint density at radius 2 is 1.85 bits per heavy atom. The lowest BCUT2D eigenvalue weighted by Crippen LogP contribution is -2.17. The minimum absolute atomic E-state index is 0.163. The van der Waals surface area contributed by atoms with Crippen molar-refractivity contribution in [3.05, 3.63) is 59.8 Å². The number of fused-ring (bicyclic) bond motifs is 1. The summed E-state index contributed by atoms with van der Waals surface area (Å²) in [5, 5.41) is 0.774. The quantitative estimate of drug-likeness (QED) is 0.639. The zero-order chi connectivity index (χ0) is 18.3. The van der Waals surface area contributed by atoms with Gasteiger partial charge in [-0.2, -0.15) is 0 Å². The van der Waals surface area contributed by atoms with Gasteiger partial charge < -0.3 is 4.74 Å². The molecular weight excluding hydrogens is 350 g/mol. The average Bonchev–Trinajstić information content (AvgIpc) is 2.95. The Hall–Kier alpha value is -2.60. The highest BCUT2D eigenvalue weighted by atomic mass is 32.2. The molecular formula is C20H19NO4S. The Balaban J connectivity index is 2.07. The van der Waals surface area contributed by atoms with Gasteiger partial charge in [-0.3, -0.25) is 4.79 Å². The summed E-state index contributed by atoms with van der Waals surface area (Å²) in [4.78, 5) is 12.1. The fraction of sp³-hybridized carbons (Fsp3) is 0.250. The highest BCUT2D eigenvalue weighted by Gasteiger charge is 2.32. The molecule has 0 amide bonds. The fourth-order valence-corrected chi connectivity index (χ4v) is 5.14. The lowest BCUT2D eigenvalue weighted by atomic mass is 9.79. The van der Waals surface area contributed by atoms with Gasteiger partial charge in [0, 0.05) is 5.39 Å². The topological polar surface area (TPSA) is 65.4 Å². The fourth-order valence-electron chi connectivity index (χ4n) is 3.61. The van der Waals surface area contributed by atoms with E-state index in [0.29, 0.717) is 17.6 Å². The molecule has 0 N–H and O–H groups in total. The van der Waals surface area contributed by atoms with Crippen molar-refractivity contribution in [3.8, 4) is 5.75 Å². The number of nitrogens with zero attached hydrogens (tertiary/aromatic N) is 1. The number of hydrogen-bond donors (Lipinski definition) is 0. The number of carbonyl (C=O) groups is 1. The molecule has 1 saturated carbocycles. The molecule has 1 aliphatic carbocycles. The van der Waals surface area contributed by atoms with Crippen molar-refractivity contribution in [2.75, 3.05) is 7.11 Å². The SMILES string of the molecule is COc1ccc2c(c1)c(C1CCC1)c(C=O)n2S(=O)(=O)c1ccccc1. The molecule has 0 radical (unpaired) electrons. The summed E-state index contributed by atoms with van der Waals surface area (Å²) in [7, 11) is -2.31. The van der Waals surface area contributed by atoms with Gasteiger partial charge in [0.15, 0.2) is 6.29 Å². The van der Waals surface area contributed by atoms with E-state index in [0.717, 1.165) is 30.2 Å². The monoisotopic (exact) mass is 369 g/mol. The number of aromatic nitrogens is 1. The molecule has 1 heterocycles. The molecule has 1 aliphatic rings. The summed E-state index contributed by atoms with van der Waals surface area (Å²) in [6.07, 6.45) is 3.68. The molecule has 0 spiro atoms. The Labute approximate surface area is 152 Å². The van der Waals surface area contributed by atoms with E-state index in [2.05, 4.69) is 0 Å². The van der Waals surface area contributed by atoms with Crippen LogP contribution in [0.5, 0.6) is 5.75 Å². The molecule has 3 aromatic rings. The molecule has 5 nitrogen and oxygen atoms in total. The molecule has 0 aliphatic heterocycles. The molecule has 2 aromatic carbocycles. The molecule has 0 atom stereocenters. The van der Waals surface area contributed by atoms with Gasteiger partial charge in [0.05, 0.1) is 17.5 Å². The highest BCUT2D eigenvalue weighted by Crippen LogP contribution is 2.44. The maximum Gasteiger partial charge on any atom is 0.268 e. The van der Waals surface area contributed by atoms with Crippen molar-refractivity contribution in [2.45, 2.75) is 30.1 Å². The number of hydrogen-bond acceptors (Lipinski definition) is 4. The summed E-state index contributed by atoms with van der Waals surface area (Å²) in [5.74, 6) is 0.849. The van der Waals surface area contributed by atoms with Gasteiger partial charge >= 0.3 is 0 Å². The normalized spacial score (nSPS) is 15.0. The first-order valence-corrected chi connectivity index (χ1v) is 10.00. The summed E-state index contributed by atoms with van der Waals surface area (Å²) in [6, 6.07) is 13.5. The number of rotatable bonds is 5. The van der Waals surface area contributed by atoms with Crippen LogP contribution < -0.4 is 4.74 Å². The van der Waals surface area contributed by atoms with E-state index in [1.165, 1.54) is 3.97 Å². The Bertz CT molecular complexity index is 1080. The first kappa shape index (κ1) is 16.8. The Kier molecular flexibility index (Phi) is 4.07. The maximum absolute atomic E-state index is 13.3. The molecule has 26 heavy (non-hydrogen) atoms. The highest BCUT2D eigenvalue weighted by molar-refractivity contribution is 7.90. The number of methoxy groups -OCH3 is 1. The molecule has 1 aromatic heterocycles. The van der Waals surface area contributed by atoms with E-state index in [-0.39, 0.29) is 16.5 Å². The molecule has 0 bridgehead atoms. The van der Waals surface area contributed by atoms with Crippen molar-refractivity contribution in [3.63, 3.8) is 0 Å². The first-order valence-electron chi connectivity index (χ1n) is 8.56. The van der Waals surface area contributed by atoms with E-state index >= 15 is 0 Å². The van der Waals surface area contributed by atoms with Crippen molar-refractivity contribution < 1.29 is 17.9 Å². The standard InChI is InChI=1S/C20H19NO4S/c1-25-15-10-11-18-17(12-15)20(14-6-5-7-14)19(13-22)21(18)26(23,24)16-8-3-2-4-9-16/h2-4,8-14H,5-7H2,1H3. The zero-order valence-electron chi connectivity index (χ0n) is 14.4. The third kappa shape index (κ3) is 2.44. The largest absolute Gasteiger partial charge is 0.497 e. The number of ether oxygens (including phenoxy) is 1. The number of aldehydes is 1. The van der Waals surface area contributed by atoms with Crippen LogP contribution in [0.15, 0.2) is 53.4 Å². The van der Waals surface area contributed by atoms with Crippen LogP contribution in [0.1, 0.15) is 41.2 Å². The van der Waals surface area contributed by atoms with Gasteiger partial charge in [-0.25, -0.2) is 12.4 Å². The average molecular weight is 369 g/mol. The molecule has 6 heteroatoms. The second kappa shape index (κ2) is 6.29. The van der Waals surface area contributed by atoms with Crippen molar-refractivity contribution in [1.82, 2.24) is 3.97 Å². The van der Waals surface area contributed by atoms with E-state index < -0.39 is 10.0 Å². The molecule has 0 saturated heterocycles. The lowest BCUT2D eigenvalue weighted by molar-refractivity contribution is 0.111. The second-order valence-electron chi connectivity index (χ2n) is 6.51. The summed E-state index contributed by atoms with van der Waals surface area (Å²) >= 11 is 0. The predicted octanol–water partition coefficient (Wildman–Crippen LogP) is 3.97. The molecule has 1 fully saturated rings. The molecule has 0 unspecified atom stereocenters. The maximum atomic E-state index is 13.3. The van der Waals surface area contributed by atoms with Crippen molar-refractivity contribution in [2.24, 2.45) is 0 Å². The third-order valence-electron chi connectivity index (χ3n) is 5.11. The molecule has 134 valence electrons. The van der Waals surface area contributed by atoms with Crippen LogP contribution in [0.4, 0.5) is 0 Å². The summed E-state index contributed by atoms with van der Waals surface area (Å²) < 4.78 is 33.1. The Morgan fingerprint density at radius 1 is 1.12 bits per heavy atom. The minimum atomic E-state index is -3.88. The van der Waals surface area contributed by atoms with Crippen LogP contribution >= 0.6 is 0 Å². The van der Waals surface area contributed by atoms with Crippen molar-refractivity contribution >= 4 is 27.2 Å². The zero-order valence-corrected chi connectivity index (χ0v) is 15.2. The lowest BCUT2D eigenvalue weighted by Gasteiger charge is -2.26. The van der Waals surface area contributed by atoms with Gasteiger partial charge in [0.25, 0.3) is 10.0 Å². The van der Waals surface area contributed by atoms with Crippen LogP contribution in [0, 0.1) is 0 Å². The van der Waals surface area contributed by atoms with E-state index in [9.17, 15) is 13.2 Å². The predicted molar refractivity (Wildman–Crippen MR) is 99.5 cm³/mol. The summed E-state index contributed by atoms with van der Waals surface area (Å²) in [5.41, 5.74) is 1.56. The van der Waals surface area contributed by atoms with E-state index in [4.69, 9.17) is 4.74 Å². The summed E-state index contributed by atoms with van der Waals surface area (Å²) in [6.45, 7) is 0.